The van der Waals surface area contributed by atoms with E-state index in [1.54, 1.807) is 0 Å². The predicted octanol–water partition coefficient (Wildman–Crippen LogP) is 2.34. The summed E-state index contributed by atoms with van der Waals surface area (Å²) in [7, 11) is 0. The lowest BCUT2D eigenvalue weighted by atomic mass is 9.98. The minimum atomic E-state index is -1.09. The summed E-state index contributed by atoms with van der Waals surface area (Å²) in [5, 5.41) is 14.2. The van der Waals surface area contributed by atoms with Crippen LogP contribution in [0, 0.1) is 11.8 Å². The minimum absolute atomic E-state index is 0.0456. The van der Waals surface area contributed by atoms with Gasteiger partial charge in [0.1, 0.15) is 5.69 Å². The number of carbonyl (C=O) groups excluding carboxylic acids is 1. The van der Waals surface area contributed by atoms with Crippen molar-refractivity contribution in [2.45, 2.75) is 26.2 Å². The van der Waals surface area contributed by atoms with Crippen LogP contribution in [0.3, 0.4) is 0 Å². The number of carboxylic acid groups (broad SMARTS) is 1. The molecule has 6 nitrogen and oxygen atoms in total. The number of aromatic carboxylic acids is 1. The van der Waals surface area contributed by atoms with Gasteiger partial charge in [-0.2, -0.15) is 0 Å². The lowest BCUT2D eigenvalue weighted by molar-refractivity contribution is 0.0690. The average molecular weight is 277 g/mol. The molecular formula is C14H19N3O3. The number of hydrogen-bond donors (Lipinski definition) is 3. The molecule has 1 fully saturated rings. The molecule has 20 heavy (non-hydrogen) atoms. The number of aromatic nitrogens is 1. The maximum Gasteiger partial charge on any atom is 0.354 e. The van der Waals surface area contributed by atoms with E-state index in [0.717, 1.165) is 6.42 Å². The van der Waals surface area contributed by atoms with Crippen molar-refractivity contribution in [2.24, 2.45) is 11.8 Å². The topological polar surface area (TPSA) is 91.3 Å². The molecule has 2 rings (SSSR count). The molecule has 0 saturated heterocycles. The number of amides is 2. The second-order valence-electron chi connectivity index (χ2n) is 5.24. The minimum Gasteiger partial charge on any atom is -0.477 e. The van der Waals surface area contributed by atoms with Gasteiger partial charge in [-0.3, -0.25) is 0 Å². The Balaban J connectivity index is 1.80. The largest absolute Gasteiger partial charge is 0.477 e. The van der Waals surface area contributed by atoms with Crippen molar-refractivity contribution in [1.29, 1.82) is 0 Å². The molecule has 0 radical (unpaired) electrons. The Bertz CT molecular complexity index is 487. The van der Waals surface area contributed by atoms with Gasteiger partial charge in [-0.25, -0.2) is 14.6 Å². The van der Waals surface area contributed by atoms with Gasteiger partial charge in [-0.15, -0.1) is 0 Å². The molecule has 0 aliphatic heterocycles. The van der Waals surface area contributed by atoms with Crippen LogP contribution in [0.1, 0.15) is 36.7 Å². The summed E-state index contributed by atoms with van der Waals surface area (Å²) in [6, 6.07) is 2.60. The molecule has 1 aliphatic rings. The average Bonchev–Trinajstić information content (AvgIpc) is 2.82. The van der Waals surface area contributed by atoms with Crippen molar-refractivity contribution in [1.82, 2.24) is 10.3 Å². The van der Waals surface area contributed by atoms with E-state index < -0.39 is 5.97 Å². The monoisotopic (exact) mass is 277 g/mol. The Kier molecular flexibility index (Phi) is 4.55. The van der Waals surface area contributed by atoms with E-state index >= 15 is 0 Å². The molecule has 3 N–H and O–H groups in total. The second kappa shape index (κ2) is 6.36. The first-order valence-electron chi connectivity index (χ1n) is 6.80. The van der Waals surface area contributed by atoms with E-state index in [0.29, 0.717) is 24.1 Å². The maximum absolute atomic E-state index is 11.7. The number of urea groups is 1. The van der Waals surface area contributed by atoms with Crippen molar-refractivity contribution in [2.75, 3.05) is 11.9 Å². The van der Waals surface area contributed by atoms with Crippen molar-refractivity contribution in [3.8, 4) is 0 Å². The Hall–Kier alpha value is -2.11. The normalized spacial score (nSPS) is 21.4. The number of hydrogen-bond acceptors (Lipinski definition) is 3. The van der Waals surface area contributed by atoms with Crippen molar-refractivity contribution in [3.63, 3.8) is 0 Å². The second-order valence-corrected chi connectivity index (χ2v) is 5.24. The third kappa shape index (κ3) is 3.69. The number of carboxylic acids is 1. The molecule has 108 valence electrons. The number of carbonyl (C=O) groups is 2. The predicted molar refractivity (Wildman–Crippen MR) is 74.7 cm³/mol. The Morgan fingerprint density at radius 3 is 2.75 bits per heavy atom. The number of pyridine rings is 1. The zero-order valence-electron chi connectivity index (χ0n) is 11.4. The first-order chi connectivity index (χ1) is 9.56. The number of nitrogens with zero attached hydrogens (tertiary/aromatic N) is 1. The highest BCUT2D eigenvalue weighted by atomic mass is 16.4. The van der Waals surface area contributed by atoms with Gasteiger partial charge in [0, 0.05) is 6.54 Å². The highest BCUT2D eigenvalue weighted by Gasteiger charge is 2.23. The SMILES string of the molecule is CC1CCCC1CNC(=O)Nc1ccc(C(=O)O)nc1. The van der Waals surface area contributed by atoms with Gasteiger partial charge >= 0.3 is 12.0 Å². The highest BCUT2D eigenvalue weighted by Crippen LogP contribution is 2.30. The number of rotatable bonds is 4. The molecule has 0 bridgehead atoms. The fourth-order valence-electron chi connectivity index (χ4n) is 2.52. The molecule has 1 heterocycles. The van der Waals surface area contributed by atoms with Crippen LogP contribution in [0.15, 0.2) is 18.3 Å². The van der Waals surface area contributed by atoms with Crippen molar-refractivity contribution >= 4 is 17.7 Å². The van der Waals surface area contributed by atoms with Crippen molar-refractivity contribution in [3.05, 3.63) is 24.0 Å². The molecule has 1 aliphatic carbocycles. The zero-order valence-corrected chi connectivity index (χ0v) is 11.4. The van der Waals surface area contributed by atoms with Gasteiger partial charge in [-0.1, -0.05) is 19.8 Å². The smallest absolute Gasteiger partial charge is 0.354 e. The molecule has 2 atom stereocenters. The van der Waals surface area contributed by atoms with Gasteiger partial charge in [0.25, 0.3) is 0 Å². The Morgan fingerprint density at radius 1 is 1.40 bits per heavy atom. The van der Waals surface area contributed by atoms with Crippen molar-refractivity contribution < 1.29 is 14.7 Å². The van der Waals surface area contributed by atoms with E-state index in [1.165, 1.54) is 31.2 Å². The van der Waals surface area contributed by atoms with E-state index in [9.17, 15) is 9.59 Å². The summed E-state index contributed by atoms with van der Waals surface area (Å²) < 4.78 is 0. The Labute approximate surface area is 117 Å². The first kappa shape index (κ1) is 14.3. The van der Waals surface area contributed by atoms with Gasteiger partial charge in [0.05, 0.1) is 11.9 Å². The summed E-state index contributed by atoms with van der Waals surface area (Å²) in [4.78, 5) is 26.1. The van der Waals surface area contributed by atoms with Crippen LogP contribution in [0.25, 0.3) is 0 Å². The van der Waals surface area contributed by atoms with Crippen LogP contribution in [0.5, 0.6) is 0 Å². The maximum atomic E-state index is 11.7. The van der Waals surface area contributed by atoms with Crippen LogP contribution in [0.4, 0.5) is 10.5 Å². The number of nitrogens with one attached hydrogen (secondary N) is 2. The van der Waals surface area contributed by atoms with Gasteiger partial charge in [-0.05, 0) is 30.4 Å². The van der Waals surface area contributed by atoms with Crippen LogP contribution in [-0.2, 0) is 0 Å². The fourth-order valence-corrected chi connectivity index (χ4v) is 2.52. The van der Waals surface area contributed by atoms with E-state index in [-0.39, 0.29) is 11.7 Å². The summed E-state index contributed by atoms with van der Waals surface area (Å²) >= 11 is 0. The van der Waals surface area contributed by atoms with E-state index in [4.69, 9.17) is 5.11 Å². The zero-order chi connectivity index (χ0) is 14.5. The summed E-state index contributed by atoms with van der Waals surface area (Å²) in [5.74, 6) is 0.122. The van der Waals surface area contributed by atoms with Gasteiger partial charge in [0.15, 0.2) is 0 Å². The molecule has 0 aromatic carbocycles. The summed E-state index contributed by atoms with van der Waals surface area (Å²) in [6.45, 7) is 2.89. The van der Waals surface area contributed by atoms with E-state index in [2.05, 4.69) is 22.5 Å². The third-order valence-corrected chi connectivity index (χ3v) is 3.80. The quantitative estimate of drug-likeness (QED) is 0.787. The molecule has 1 saturated carbocycles. The van der Waals surface area contributed by atoms with E-state index in [1.807, 2.05) is 0 Å². The lowest BCUT2D eigenvalue weighted by Crippen LogP contribution is -2.33. The number of anilines is 1. The van der Waals surface area contributed by atoms with Crippen LogP contribution in [-0.4, -0.2) is 28.6 Å². The molecule has 2 unspecified atom stereocenters. The van der Waals surface area contributed by atoms with Crippen LogP contribution < -0.4 is 10.6 Å². The molecule has 1 aromatic heterocycles. The molecule has 1 aromatic rings. The summed E-state index contributed by atoms with van der Waals surface area (Å²) in [5.41, 5.74) is 0.433. The molecule has 6 heteroatoms. The molecule has 2 amide bonds. The summed E-state index contributed by atoms with van der Waals surface area (Å²) in [6.07, 6.45) is 4.96. The van der Waals surface area contributed by atoms with Crippen LogP contribution >= 0.6 is 0 Å². The molecular weight excluding hydrogens is 258 g/mol. The van der Waals surface area contributed by atoms with Gasteiger partial charge in [0.2, 0.25) is 0 Å². The van der Waals surface area contributed by atoms with Gasteiger partial charge < -0.3 is 15.7 Å². The Morgan fingerprint density at radius 2 is 2.20 bits per heavy atom. The standard InChI is InChI=1S/C14H19N3O3/c1-9-3-2-4-10(9)7-16-14(20)17-11-5-6-12(13(18)19)15-8-11/h5-6,8-10H,2-4,7H2,1H3,(H,18,19)(H2,16,17,20). The molecule has 0 spiro atoms. The first-order valence-corrected chi connectivity index (χ1v) is 6.80. The van der Waals surface area contributed by atoms with Crippen LogP contribution in [0.2, 0.25) is 0 Å². The third-order valence-electron chi connectivity index (χ3n) is 3.80. The lowest BCUT2D eigenvalue weighted by Gasteiger charge is -2.16. The fraction of sp³-hybridized carbons (Fsp3) is 0.500. The highest BCUT2D eigenvalue weighted by molar-refractivity contribution is 5.90.